The maximum absolute atomic E-state index is 14.0. The Hall–Kier alpha value is -2.39. The smallest absolute Gasteiger partial charge is 0.306 e. The second-order valence-corrected chi connectivity index (χ2v) is 23.2. The number of carbonyl (C=O) groups is 3. The SMILES string of the molecule is CC(C)C1=C2C3CCC4C(C)(CCC5C(C)(C)C(CC(=O)C6CC(C(=O)O)C6C)CCC54C)C3CCC2(CCNCc2ccc(N3CCS(=O)CC3)nc2)CC1=O. The predicted molar refractivity (Wildman–Crippen MR) is 227 cm³/mol. The second kappa shape index (κ2) is 15.3. The molecular formula is C48H71N3O5S. The van der Waals surface area contributed by atoms with E-state index in [4.69, 9.17) is 4.98 Å². The van der Waals surface area contributed by atoms with E-state index in [0.717, 1.165) is 62.8 Å². The third-order valence-electron chi connectivity index (χ3n) is 18.4. The number of aliphatic carboxylic acids is 1. The Morgan fingerprint density at radius 2 is 1.70 bits per heavy atom. The predicted octanol–water partition coefficient (Wildman–Crippen LogP) is 8.65. The first-order valence-corrected chi connectivity index (χ1v) is 24.3. The van der Waals surface area contributed by atoms with E-state index >= 15 is 0 Å². The highest BCUT2D eigenvalue weighted by Gasteiger charge is 2.66. The molecule has 11 atom stereocenters. The van der Waals surface area contributed by atoms with E-state index in [1.807, 2.05) is 13.1 Å². The molecule has 1 saturated heterocycles. The van der Waals surface area contributed by atoms with Gasteiger partial charge < -0.3 is 15.3 Å². The van der Waals surface area contributed by atoms with Gasteiger partial charge in [0.2, 0.25) is 0 Å². The Bertz CT molecular complexity index is 1800. The summed E-state index contributed by atoms with van der Waals surface area (Å²) >= 11 is 0. The lowest BCUT2D eigenvalue weighted by Gasteiger charge is -2.69. The molecule has 0 bridgehead atoms. The molecule has 6 aliphatic carbocycles. The van der Waals surface area contributed by atoms with Crippen molar-refractivity contribution in [3.05, 3.63) is 35.0 Å². The molecule has 57 heavy (non-hydrogen) atoms. The zero-order valence-electron chi connectivity index (χ0n) is 36.0. The molecule has 0 spiro atoms. The third-order valence-corrected chi connectivity index (χ3v) is 19.6. The quantitative estimate of drug-likeness (QED) is 0.214. The lowest BCUT2D eigenvalue weighted by molar-refractivity contribution is -0.193. The molecule has 0 aromatic carbocycles. The van der Waals surface area contributed by atoms with Crippen LogP contribution in [0.25, 0.3) is 0 Å². The van der Waals surface area contributed by atoms with Gasteiger partial charge in [-0.05, 0) is 146 Å². The van der Waals surface area contributed by atoms with E-state index in [2.05, 4.69) is 63.9 Å². The van der Waals surface area contributed by atoms with Gasteiger partial charge in [0.05, 0.1) is 5.92 Å². The van der Waals surface area contributed by atoms with Gasteiger partial charge in [-0.25, -0.2) is 4.98 Å². The van der Waals surface area contributed by atoms with Crippen LogP contribution in [0, 0.1) is 74.9 Å². The monoisotopic (exact) mass is 802 g/mol. The maximum atomic E-state index is 14.0. The topological polar surface area (TPSA) is 117 Å². The van der Waals surface area contributed by atoms with E-state index in [1.165, 1.54) is 49.7 Å². The molecular weight excluding hydrogens is 731 g/mol. The number of allylic oxidation sites excluding steroid dienone is 2. The number of carboxylic acids is 1. The molecule has 1 aliphatic heterocycles. The van der Waals surface area contributed by atoms with Gasteiger partial charge in [-0.1, -0.05) is 60.1 Å². The standard InChI is InChI=1S/C48H71N3O5S/c1-29(2)42-38(53)26-48(18-19-49-27-31-8-11-41(50-28-31)51-20-22-57(56)23-21-51)17-13-36-33(43(42)48)9-10-40-46(36,6)16-14-39-45(4,5)32(12-15-47(39,40)7)24-37(52)34-25-35(30(34)3)44(54)55/h8,11,28-30,32-36,39-40,49H,9-10,12-27H2,1-7H3,(H,54,55). The van der Waals surface area contributed by atoms with Crippen LogP contribution in [0.15, 0.2) is 29.5 Å². The molecule has 314 valence electrons. The van der Waals surface area contributed by atoms with Crippen LogP contribution in [0.3, 0.4) is 0 Å². The van der Waals surface area contributed by atoms with Crippen LogP contribution >= 0.6 is 0 Å². The summed E-state index contributed by atoms with van der Waals surface area (Å²) in [6, 6.07) is 4.27. The van der Waals surface area contributed by atoms with Crippen LogP contribution in [0.1, 0.15) is 131 Å². The van der Waals surface area contributed by atoms with Gasteiger partial charge in [0, 0.05) is 72.3 Å². The number of rotatable bonds is 11. The number of carbonyl (C=O) groups excluding carboxylic acids is 2. The average Bonchev–Trinajstić information content (AvgIpc) is 3.46. The summed E-state index contributed by atoms with van der Waals surface area (Å²) in [6.07, 6.45) is 14.3. The van der Waals surface area contributed by atoms with Crippen molar-refractivity contribution in [3.63, 3.8) is 0 Å². The number of hydrogen-bond donors (Lipinski definition) is 2. The van der Waals surface area contributed by atoms with Gasteiger partial charge in [0.25, 0.3) is 0 Å². The molecule has 0 radical (unpaired) electrons. The first kappa shape index (κ1) is 41.3. The molecule has 1 aromatic heterocycles. The number of carboxylic acid groups (broad SMARTS) is 1. The largest absolute Gasteiger partial charge is 0.481 e. The minimum absolute atomic E-state index is 0.0272. The van der Waals surface area contributed by atoms with Gasteiger partial charge in [-0.2, -0.15) is 0 Å². The number of nitrogens with one attached hydrogen (secondary N) is 1. The highest BCUT2D eigenvalue weighted by Crippen LogP contribution is 2.74. The number of ketones is 2. The van der Waals surface area contributed by atoms with Crippen molar-refractivity contribution in [2.24, 2.45) is 74.9 Å². The zero-order valence-corrected chi connectivity index (χ0v) is 36.9. The van der Waals surface area contributed by atoms with E-state index in [9.17, 15) is 23.7 Å². The van der Waals surface area contributed by atoms with Crippen LogP contribution in [0.2, 0.25) is 0 Å². The molecule has 1 aromatic rings. The molecule has 2 heterocycles. The molecule has 0 amide bonds. The van der Waals surface area contributed by atoms with Crippen LogP contribution in [-0.2, 0) is 31.7 Å². The van der Waals surface area contributed by atoms with Crippen molar-refractivity contribution in [2.75, 3.05) is 36.0 Å². The maximum Gasteiger partial charge on any atom is 0.306 e. The summed E-state index contributed by atoms with van der Waals surface area (Å²) in [6.45, 7) is 19.9. The van der Waals surface area contributed by atoms with Crippen molar-refractivity contribution in [3.8, 4) is 0 Å². The summed E-state index contributed by atoms with van der Waals surface area (Å²) in [4.78, 5) is 46.3. The number of Topliss-reactive ketones (excluding diaryl/α,β-unsaturated/α-hetero) is 2. The third kappa shape index (κ3) is 6.92. The lowest BCUT2D eigenvalue weighted by atomic mass is 9.35. The fourth-order valence-electron chi connectivity index (χ4n) is 15.2. The Kier molecular flexibility index (Phi) is 11.1. The van der Waals surface area contributed by atoms with Crippen molar-refractivity contribution >= 4 is 34.2 Å². The van der Waals surface area contributed by atoms with Gasteiger partial charge in [-0.15, -0.1) is 0 Å². The summed E-state index contributed by atoms with van der Waals surface area (Å²) in [5, 5.41) is 13.3. The summed E-state index contributed by atoms with van der Waals surface area (Å²) < 4.78 is 11.8. The van der Waals surface area contributed by atoms with Crippen molar-refractivity contribution < 1.29 is 23.7 Å². The van der Waals surface area contributed by atoms with E-state index in [-0.39, 0.29) is 45.3 Å². The van der Waals surface area contributed by atoms with Gasteiger partial charge in [0.15, 0.2) is 5.78 Å². The second-order valence-electron chi connectivity index (χ2n) is 21.5. The number of anilines is 1. The number of fused-ring (bicyclic) bond motifs is 7. The molecule has 2 N–H and O–H groups in total. The Labute approximate surface area is 345 Å². The Morgan fingerprint density at radius 3 is 2.37 bits per heavy atom. The summed E-state index contributed by atoms with van der Waals surface area (Å²) in [5.74, 6) is 4.82. The Morgan fingerprint density at radius 1 is 0.965 bits per heavy atom. The van der Waals surface area contributed by atoms with Crippen molar-refractivity contribution in [1.82, 2.24) is 10.3 Å². The van der Waals surface area contributed by atoms with Gasteiger partial charge in [-0.3, -0.25) is 18.6 Å². The van der Waals surface area contributed by atoms with Crippen LogP contribution in [-0.4, -0.2) is 63.0 Å². The molecule has 5 saturated carbocycles. The molecule has 9 heteroatoms. The molecule has 8 nitrogen and oxygen atoms in total. The van der Waals surface area contributed by atoms with Crippen molar-refractivity contribution in [2.45, 2.75) is 132 Å². The first-order chi connectivity index (χ1) is 27.0. The summed E-state index contributed by atoms with van der Waals surface area (Å²) in [5.41, 5.74) is 4.43. The average molecular weight is 802 g/mol. The van der Waals surface area contributed by atoms with Crippen LogP contribution in [0.4, 0.5) is 5.82 Å². The number of aromatic nitrogens is 1. The molecule has 6 fully saturated rings. The van der Waals surface area contributed by atoms with Crippen molar-refractivity contribution in [1.29, 1.82) is 0 Å². The fourth-order valence-corrected chi connectivity index (χ4v) is 16.3. The normalized spacial score (nSPS) is 40.2. The molecule has 8 rings (SSSR count). The van der Waals surface area contributed by atoms with Gasteiger partial charge in [0.1, 0.15) is 11.6 Å². The Balaban J connectivity index is 0.945. The molecule has 7 aliphatic rings. The lowest BCUT2D eigenvalue weighted by Crippen LogP contribution is -2.62. The van der Waals surface area contributed by atoms with E-state index in [0.29, 0.717) is 60.4 Å². The van der Waals surface area contributed by atoms with E-state index < -0.39 is 16.8 Å². The minimum atomic E-state index is -0.751. The highest BCUT2D eigenvalue weighted by atomic mass is 32.2. The van der Waals surface area contributed by atoms with Gasteiger partial charge >= 0.3 is 5.97 Å². The number of pyridine rings is 1. The number of nitrogens with zero attached hydrogens (tertiary/aromatic N) is 2. The van der Waals surface area contributed by atoms with Crippen LogP contribution < -0.4 is 10.2 Å². The van der Waals surface area contributed by atoms with Crippen LogP contribution in [0.5, 0.6) is 0 Å². The highest BCUT2D eigenvalue weighted by molar-refractivity contribution is 7.85. The molecule has 11 unspecified atom stereocenters. The summed E-state index contributed by atoms with van der Waals surface area (Å²) in [7, 11) is -0.698. The fraction of sp³-hybridized carbons (Fsp3) is 0.792. The van der Waals surface area contributed by atoms with E-state index in [1.54, 1.807) is 5.57 Å². The zero-order chi connectivity index (χ0) is 40.7. The minimum Gasteiger partial charge on any atom is -0.481 e. The first-order valence-electron chi connectivity index (χ1n) is 22.8. The number of hydrogen-bond acceptors (Lipinski definition) is 7.